The monoisotopic (exact) mass is 471 g/mol. The lowest BCUT2D eigenvalue weighted by molar-refractivity contribution is -0.132. The summed E-state index contributed by atoms with van der Waals surface area (Å²) in [5.41, 5.74) is 0.822. The van der Waals surface area contributed by atoms with E-state index < -0.39 is 0 Å². The van der Waals surface area contributed by atoms with Crippen molar-refractivity contribution in [2.45, 2.75) is 44.6 Å². The number of carbonyl (C=O) groups excluding carboxylic acids is 2. The lowest BCUT2D eigenvalue weighted by Gasteiger charge is -2.29. The van der Waals surface area contributed by atoms with Crippen LogP contribution in [0.2, 0.25) is 0 Å². The molecule has 2 amide bonds. The van der Waals surface area contributed by atoms with Crippen molar-refractivity contribution in [2.75, 3.05) is 47.0 Å². The van der Waals surface area contributed by atoms with Crippen molar-refractivity contribution in [3.8, 4) is 22.8 Å². The molecule has 0 saturated carbocycles. The van der Waals surface area contributed by atoms with Gasteiger partial charge < -0.3 is 28.5 Å². The third kappa shape index (κ3) is 5.70. The number of hydrogen-bond donors (Lipinski definition) is 0. The Hall–Kier alpha value is -3.07. The smallest absolute Gasteiger partial charge is 0.276 e. The molecule has 34 heavy (non-hydrogen) atoms. The van der Waals surface area contributed by atoms with Crippen molar-refractivity contribution < 1.29 is 28.3 Å². The molecule has 0 spiro atoms. The lowest BCUT2D eigenvalue weighted by atomic mass is 10.1. The van der Waals surface area contributed by atoms with Gasteiger partial charge in [-0.2, -0.15) is 0 Å². The molecule has 0 aliphatic carbocycles. The third-order valence-electron chi connectivity index (χ3n) is 6.44. The molecule has 0 N–H and O–H groups in total. The van der Waals surface area contributed by atoms with Gasteiger partial charge in [0.25, 0.3) is 5.91 Å². The van der Waals surface area contributed by atoms with E-state index in [-0.39, 0.29) is 30.0 Å². The van der Waals surface area contributed by atoms with Gasteiger partial charge in [-0.05, 0) is 50.3 Å². The molecule has 2 fully saturated rings. The van der Waals surface area contributed by atoms with Gasteiger partial charge in [-0.15, -0.1) is 0 Å². The number of methoxy groups -OCH3 is 2. The maximum atomic E-state index is 13.4. The van der Waals surface area contributed by atoms with E-state index >= 15 is 0 Å². The highest BCUT2D eigenvalue weighted by Gasteiger charge is 2.27. The standard InChI is InChI=1S/C25H33N3O6/c1-31-18-8-9-22(32-2)20(15-18)23-16-21(26-34-23)25(30)28(17-19-7-6-14-33-19)13-10-24(29)27-11-4-3-5-12-27/h8-9,15-16,19H,3-7,10-14,17H2,1-2H3. The normalized spacial score (nSPS) is 18.1. The predicted octanol–water partition coefficient (Wildman–Crippen LogP) is 3.38. The number of rotatable bonds is 9. The fourth-order valence-electron chi connectivity index (χ4n) is 4.51. The zero-order chi connectivity index (χ0) is 23.9. The first-order chi connectivity index (χ1) is 16.6. The highest BCUT2D eigenvalue weighted by Crippen LogP contribution is 2.34. The number of amides is 2. The molecule has 9 nitrogen and oxygen atoms in total. The lowest BCUT2D eigenvalue weighted by Crippen LogP contribution is -2.42. The number of aromatic nitrogens is 1. The summed E-state index contributed by atoms with van der Waals surface area (Å²) in [4.78, 5) is 29.7. The van der Waals surface area contributed by atoms with Gasteiger partial charge >= 0.3 is 0 Å². The van der Waals surface area contributed by atoms with E-state index in [2.05, 4.69) is 5.16 Å². The Morgan fingerprint density at radius 2 is 1.94 bits per heavy atom. The fraction of sp³-hybridized carbons (Fsp3) is 0.560. The van der Waals surface area contributed by atoms with E-state index in [0.717, 1.165) is 38.8 Å². The van der Waals surface area contributed by atoms with Crippen LogP contribution >= 0.6 is 0 Å². The number of hydrogen-bond acceptors (Lipinski definition) is 7. The Balaban J connectivity index is 1.49. The number of piperidine rings is 1. The Morgan fingerprint density at radius 3 is 2.65 bits per heavy atom. The van der Waals surface area contributed by atoms with Crippen LogP contribution in [-0.2, 0) is 9.53 Å². The topological polar surface area (TPSA) is 94.3 Å². The van der Waals surface area contributed by atoms with Crippen molar-refractivity contribution in [2.24, 2.45) is 0 Å². The SMILES string of the molecule is COc1ccc(OC)c(-c2cc(C(=O)N(CCC(=O)N3CCCCC3)CC3CCCO3)no2)c1. The molecule has 3 heterocycles. The summed E-state index contributed by atoms with van der Waals surface area (Å²) < 4.78 is 22.0. The van der Waals surface area contributed by atoms with Crippen molar-refractivity contribution in [3.63, 3.8) is 0 Å². The molecule has 1 unspecified atom stereocenters. The number of ether oxygens (including phenoxy) is 3. The van der Waals surface area contributed by atoms with Gasteiger partial charge in [-0.3, -0.25) is 9.59 Å². The van der Waals surface area contributed by atoms with Crippen LogP contribution in [0.25, 0.3) is 11.3 Å². The second kappa shape index (κ2) is 11.4. The van der Waals surface area contributed by atoms with Crippen LogP contribution in [0.15, 0.2) is 28.8 Å². The average molecular weight is 472 g/mol. The molecule has 2 aliphatic rings. The average Bonchev–Trinajstić information content (AvgIpc) is 3.58. The van der Waals surface area contributed by atoms with E-state index in [9.17, 15) is 9.59 Å². The maximum absolute atomic E-state index is 13.4. The van der Waals surface area contributed by atoms with Gasteiger partial charge in [0.1, 0.15) is 11.5 Å². The first kappa shape index (κ1) is 24.1. The summed E-state index contributed by atoms with van der Waals surface area (Å²) in [6.45, 7) is 3.04. The van der Waals surface area contributed by atoms with Gasteiger partial charge in [-0.25, -0.2) is 0 Å². The Bertz CT molecular complexity index is 979. The molecule has 184 valence electrons. The summed E-state index contributed by atoms with van der Waals surface area (Å²) in [5, 5.41) is 4.04. The highest BCUT2D eigenvalue weighted by molar-refractivity contribution is 5.93. The molecule has 0 radical (unpaired) electrons. The minimum atomic E-state index is -0.279. The molecule has 2 aliphatic heterocycles. The van der Waals surface area contributed by atoms with E-state index in [1.54, 1.807) is 43.4 Å². The Kier molecular flexibility index (Phi) is 8.05. The van der Waals surface area contributed by atoms with Gasteiger partial charge in [0.05, 0.1) is 25.9 Å². The first-order valence-electron chi connectivity index (χ1n) is 12.0. The van der Waals surface area contributed by atoms with Gasteiger partial charge in [0.2, 0.25) is 5.91 Å². The predicted molar refractivity (Wildman–Crippen MR) is 125 cm³/mol. The maximum Gasteiger partial charge on any atom is 0.276 e. The molecule has 4 rings (SSSR count). The summed E-state index contributed by atoms with van der Waals surface area (Å²) >= 11 is 0. The zero-order valence-corrected chi connectivity index (χ0v) is 20.0. The minimum Gasteiger partial charge on any atom is -0.497 e. The van der Waals surface area contributed by atoms with Crippen molar-refractivity contribution in [3.05, 3.63) is 30.0 Å². The van der Waals surface area contributed by atoms with E-state index in [4.69, 9.17) is 18.7 Å². The zero-order valence-electron chi connectivity index (χ0n) is 20.0. The molecule has 2 aromatic rings. The minimum absolute atomic E-state index is 0.0288. The molecule has 1 aromatic heterocycles. The molecule has 1 aromatic carbocycles. The third-order valence-corrected chi connectivity index (χ3v) is 6.44. The van der Waals surface area contributed by atoms with Crippen molar-refractivity contribution >= 4 is 11.8 Å². The van der Waals surface area contributed by atoms with E-state index in [1.165, 1.54) is 6.42 Å². The van der Waals surface area contributed by atoms with Crippen LogP contribution in [0.5, 0.6) is 11.5 Å². The summed E-state index contributed by atoms with van der Waals surface area (Å²) in [6, 6.07) is 6.94. The quantitative estimate of drug-likeness (QED) is 0.553. The van der Waals surface area contributed by atoms with Crippen molar-refractivity contribution in [1.29, 1.82) is 0 Å². The van der Waals surface area contributed by atoms with Gasteiger partial charge in [0, 0.05) is 45.3 Å². The molecular formula is C25H33N3O6. The largest absolute Gasteiger partial charge is 0.497 e. The Morgan fingerprint density at radius 1 is 1.12 bits per heavy atom. The number of nitrogens with zero attached hydrogens (tertiary/aromatic N) is 3. The highest BCUT2D eigenvalue weighted by atomic mass is 16.5. The van der Waals surface area contributed by atoms with E-state index in [1.807, 2.05) is 4.90 Å². The fourth-order valence-corrected chi connectivity index (χ4v) is 4.51. The van der Waals surface area contributed by atoms with E-state index in [0.29, 0.717) is 42.5 Å². The molecule has 2 saturated heterocycles. The van der Waals surface area contributed by atoms with Crippen LogP contribution in [0.4, 0.5) is 0 Å². The number of benzene rings is 1. The summed E-state index contributed by atoms with van der Waals surface area (Å²) in [7, 11) is 3.14. The Labute approximate surface area is 199 Å². The molecule has 0 bridgehead atoms. The van der Waals surface area contributed by atoms with Gasteiger partial charge in [-0.1, -0.05) is 5.16 Å². The van der Waals surface area contributed by atoms with Crippen LogP contribution in [0.1, 0.15) is 49.0 Å². The molecule has 1 atom stereocenters. The first-order valence-corrected chi connectivity index (χ1v) is 12.0. The molecule has 9 heteroatoms. The van der Waals surface area contributed by atoms with Crippen LogP contribution in [0.3, 0.4) is 0 Å². The van der Waals surface area contributed by atoms with Crippen molar-refractivity contribution in [1.82, 2.24) is 15.0 Å². The molecular weight excluding hydrogens is 438 g/mol. The van der Waals surface area contributed by atoms with Crippen LogP contribution < -0.4 is 9.47 Å². The van der Waals surface area contributed by atoms with Crippen LogP contribution in [0, 0.1) is 0 Å². The second-order valence-corrected chi connectivity index (χ2v) is 8.72. The summed E-state index contributed by atoms with van der Waals surface area (Å²) in [6.07, 6.45) is 5.38. The van der Waals surface area contributed by atoms with Crippen LogP contribution in [-0.4, -0.2) is 79.9 Å². The summed E-state index contributed by atoms with van der Waals surface area (Å²) in [5.74, 6) is 1.43. The number of likely N-dealkylation sites (tertiary alicyclic amines) is 1. The van der Waals surface area contributed by atoms with Gasteiger partial charge in [0.15, 0.2) is 11.5 Å². The number of carbonyl (C=O) groups is 2. The second-order valence-electron chi connectivity index (χ2n) is 8.72.